The number of rotatable bonds is 6. The number of amides is 2. The number of nitrogens with one attached hydrogen (secondary N) is 1. The van der Waals surface area contributed by atoms with Crippen molar-refractivity contribution < 1.29 is 9.90 Å². The van der Waals surface area contributed by atoms with Gasteiger partial charge >= 0.3 is 6.03 Å². The van der Waals surface area contributed by atoms with Crippen molar-refractivity contribution in [3.63, 3.8) is 0 Å². The first-order valence-corrected chi connectivity index (χ1v) is 7.81. The number of thiazole rings is 1. The van der Waals surface area contributed by atoms with Crippen LogP contribution in [0.5, 0.6) is 0 Å². The number of aliphatic hydroxyl groups excluding tert-OH is 1. The van der Waals surface area contributed by atoms with Gasteiger partial charge in [-0.05, 0) is 33.1 Å². The highest BCUT2D eigenvalue weighted by molar-refractivity contribution is 7.16. The molecule has 2 amide bonds. The largest absolute Gasteiger partial charge is 0.395 e. The number of aromatic nitrogens is 1. The predicted octanol–water partition coefficient (Wildman–Crippen LogP) is 2.88. The molecule has 0 saturated carbocycles. The van der Waals surface area contributed by atoms with E-state index >= 15 is 0 Å². The zero-order valence-corrected chi connectivity index (χ0v) is 13.8. The molecule has 0 unspecified atom stereocenters. The Morgan fingerprint density at radius 2 is 2.05 bits per heavy atom. The highest BCUT2D eigenvalue weighted by Crippen LogP contribution is 2.26. The van der Waals surface area contributed by atoms with Gasteiger partial charge in [0.15, 0.2) is 0 Å². The van der Waals surface area contributed by atoms with Crippen LogP contribution in [0.3, 0.4) is 0 Å². The van der Waals surface area contributed by atoms with E-state index < -0.39 is 0 Å². The minimum atomic E-state index is -0.178. The van der Waals surface area contributed by atoms with E-state index in [-0.39, 0.29) is 18.7 Å². The van der Waals surface area contributed by atoms with E-state index in [0.717, 1.165) is 22.1 Å². The number of aliphatic hydroxyl groups is 1. The zero-order chi connectivity index (χ0) is 15.3. The number of urea groups is 1. The molecule has 0 aliphatic heterocycles. The molecule has 0 bridgehead atoms. The van der Waals surface area contributed by atoms with Crippen molar-refractivity contribution >= 4 is 22.4 Å². The van der Waals surface area contributed by atoms with Gasteiger partial charge in [0.25, 0.3) is 0 Å². The third-order valence-electron chi connectivity index (χ3n) is 2.85. The molecule has 0 radical (unpaired) electrons. The number of aryl methyl sites for hydroxylation is 1. The van der Waals surface area contributed by atoms with Crippen LogP contribution in [0.1, 0.15) is 38.4 Å². The van der Waals surface area contributed by atoms with Crippen LogP contribution in [0.4, 0.5) is 9.80 Å². The number of anilines is 1. The summed E-state index contributed by atoms with van der Waals surface area (Å²) in [5, 5.41) is 13.8. The van der Waals surface area contributed by atoms with E-state index in [1.807, 2.05) is 20.8 Å². The minimum Gasteiger partial charge on any atom is -0.395 e. The van der Waals surface area contributed by atoms with Crippen molar-refractivity contribution in [1.82, 2.24) is 9.88 Å². The topological polar surface area (TPSA) is 65.5 Å². The normalized spacial score (nSPS) is 11.2. The fourth-order valence-corrected chi connectivity index (χ4v) is 2.80. The molecule has 0 spiro atoms. The molecule has 0 atom stereocenters. The van der Waals surface area contributed by atoms with Crippen LogP contribution in [-0.2, 0) is 6.42 Å². The Balaban J connectivity index is 2.83. The van der Waals surface area contributed by atoms with Crippen molar-refractivity contribution in [3.05, 3.63) is 10.7 Å². The fraction of sp³-hybridized carbons (Fsp3) is 0.714. The van der Waals surface area contributed by atoms with Crippen molar-refractivity contribution in [2.45, 2.75) is 47.1 Å². The minimum absolute atomic E-state index is 0.0355. The number of nitrogens with zero attached hydrogens (tertiary/aromatic N) is 2. The van der Waals surface area contributed by atoms with Gasteiger partial charge in [-0.25, -0.2) is 9.78 Å². The van der Waals surface area contributed by atoms with Gasteiger partial charge in [0, 0.05) is 12.6 Å². The molecular formula is C14H25N3O2S. The molecule has 6 heteroatoms. The van der Waals surface area contributed by atoms with Crippen LogP contribution >= 0.6 is 11.3 Å². The lowest BCUT2D eigenvalue weighted by atomic mass is 10.1. The van der Waals surface area contributed by atoms with Crippen LogP contribution in [0, 0.1) is 12.8 Å². The van der Waals surface area contributed by atoms with Crippen molar-refractivity contribution in [1.29, 1.82) is 0 Å². The van der Waals surface area contributed by atoms with E-state index in [4.69, 9.17) is 5.11 Å². The van der Waals surface area contributed by atoms with Gasteiger partial charge in [-0.2, -0.15) is 0 Å². The number of carbonyl (C=O) groups excluding carboxylic acids is 1. The average Bonchev–Trinajstić information content (AvgIpc) is 2.64. The Bertz CT molecular complexity index is 444. The van der Waals surface area contributed by atoms with Gasteiger partial charge in [0.05, 0.1) is 17.3 Å². The molecular weight excluding hydrogens is 274 g/mol. The van der Waals surface area contributed by atoms with Gasteiger partial charge in [-0.3, -0.25) is 5.32 Å². The quantitative estimate of drug-likeness (QED) is 0.849. The zero-order valence-electron chi connectivity index (χ0n) is 12.9. The Morgan fingerprint density at radius 1 is 1.40 bits per heavy atom. The summed E-state index contributed by atoms with van der Waals surface area (Å²) in [5.74, 6) is 0.491. The molecule has 0 fully saturated rings. The molecule has 1 aromatic heterocycles. The van der Waals surface area contributed by atoms with Crippen LogP contribution < -0.4 is 5.32 Å². The van der Waals surface area contributed by atoms with Gasteiger partial charge in [0.1, 0.15) is 5.00 Å². The molecule has 20 heavy (non-hydrogen) atoms. The van der Waals surface area contributed by atoms with Gasteiger partial charge in [0.2, 0.25) is 0 Å². The van der Waals surface area contributed by atoms with Gasteiger partial charge in [-0.1, -0.05) is 13.8 Å². The maximum atomic E-state index is 12.3. The van der Waals surface area contributed by atoms with E-state index in [0.29, 0.717) is 12.5 Å². The molecule has 114 valence electrons. The van der Waals surface area contributed by atoms with Gasteiger partial charge in [-0.15, -0.1) is 11.3 Å². The van der Waals surface area contributed by atoms with Crippen LogP contribution in [0.15, 0.2) is 0 Å². The lowest BCUT2D eigenvalue weighted by Crippen LogP contribution is -2.41. The lowest BCUT2D eigenvalue weighted by Gasteiger charge is -2.26. The molecule has 5 nitrogen and oxygen atoms in total. The Morgan fingerprint density at radius 3 is 2.55 bits per heavy atom. The Kier molecular flexibility index (Phi) is 6.42. The number of carbonyl (C=O) groups is 1. The molecule has 0 saturated heterocycles. The lowest BCUT2D eigenvalue weighted by molar-refractivity contribution is 0.172. The summed E-state index contributed by atoms with van der Waals surface area (Å²) < 4.78 is 0. The molecule has 1 aromatic rings. The molecule has 1 rings (SSSR count). The first-order valence-electron chi connectivity index (χ1n) is 7.00. The third-order valence-corrected chi connectivity index (χ3v) is 3.78. The number of hydrogen-bond acceptors (Lipinski definition) is 4. The molecule has 0 aromatic carbocycles. The Labute approximate surface area is 125 Å². The highest BCUT2D eigenvalue weighted by Gasteiger charge is 2.19. The van der Waals surface area contributed by atoms with Crippen LogP contribution in [-0.4, -0.2) is 40.2 Å². The van der Waals surface area contributed by atoms with E-state index in [1.54, 1.807) is 4.90 Å². The van der Waals surface area contributed by atoms with Crippen molar-refractivity contribution in [2.24, 2.45) is 5.92 Å². The van der Waals surface area contributed by atoms with Gasteiger partial charge < -0.3 is 10.0 Å². The fourth-order valence-electron chi connectivity index (χ4n) is 1.96. The number of hydrogen-bond donors (Lipinski definition) is 2. The molecule has 2 N–H and O–H groups in total. The standard InChI is InChI=1S/C14H25N3O2S/c1-9(2)8-12-13(20-11(5)15-12)16-14(19)17(6-7-18)10(3)4/h9-10,18H,6-8H2,1-5H3,(H,16,19). The summed E-state index contributed by atoms with van der Waals surface area (Å²) in [6, 6.07) is -0.132. The summed E-state index contributed by atoms with van der Waals surface area (Å²) in [6.07, 6.45) is 0.849. The molecule has 0 aliphatic rings. The predicted molar refractivity (Wildman–Crippen MR) is 83.3 cm³/mol. The second-order valence-electron chi connectivity index (χ2n) is 5.55. The maximum Gasteiger partial charge on any atom is 0.322 e. The second-order valence-corrected chi connectivity index (χ2v) is 6.75. The van der Waals surface area contributed by atoms with Crippen molar-refractivity contribution in [2.75, 3.05) is 18.5 Å². The average molecular weight is 299 g/mol. The van der Waals surface area contributed by atoms with E-state index in [9.17, 15) is 4.79 Å². The third kappa shape index (κ3) is 4.76. The monoisotopic (exact) mass is 299 g/mol. The van der Waals surface area contributed by atoms with Crippen LogP contribution in [0.2, 0.25) is 0 Å². The summed E-state index contributed by atoms with van der Waals surface area (Å²) in [4.78, 5) is 18.4. The summed E-state index contributed by atoms with van der Waals surface area (Å²) in [7, 11) is 0. The van der Waals surface area contributed by atoms with E-state index in [2.05, 4.69) is 24.1 Å². The highest BCUT2D eigenvalue weighted by atomic mass is 32.1. The molecule has 0 aliphatic carbocycles. The first kappa shape index (κ1) is 16.9. The summed E-state index contributed by atoms with van der Waals surface area (Å²) >= 11 is 1.50. The van der Waals surface area contributed by atoms with E-state index in [1.165, 1.54) is 11.3 Å². The summed E-state index contributed by atoms with van der Waals surface area (Å²) in [6.45, 7) is 10.4. The molecule has 1 heterocycles. The summed E-state index contributed by atoms with van der Waals surface area (Å²) in [5.41, 5.74) is 0.948. The van der Waals surface area contributed by atoms with Crippen LogP contribution in [0.25, 0.3) is 0 Å². The first-order chi connectivity index (χ1) is 9.35. The Hall–Kier alpha value is -1.14. The second kappa shape index (κ2) is 7.59. The van der Waals surface area contributed by atoms with Crippen molar-refractivity contribution in [3.8, 4) is 0 Å². The smallest absolute Gasteiger partial charge is 0.322 e. The maximum absolute atomic E-state index is 12.3. The SMILES string of the molecule is Cc1nc(CC(C)C)c(NC(=O)N(CCO)C(C)C)s1.